The van der Waals surface area contributed by atoms with Crippen LogP contribution in [0.1, 0.15) is 0 Å². The van der Waals surface area contributed by atoms with Crippen molar-refractivity contribution < 1.29 is 4.73 Å². The maximum absolute atomic E-state index is 10.7. The minimum atomic E-state index is -1.68. The van der Waals surface area contributed by atoms with E-state index in [9.17, 15) is 5.21 Å². The van der Waals surface area contributed by atoms with E-state index in [2.05, 4.69) is 17.3 Å². The third-order valence-electron chi connectivity index (χ3n) is 1.67. The monoisotopic (exact) mass is 213 g/mol. The molecule has 11 heavy (non-hydrogen) atoms. The number of aromatic nitrogens is 1. The van der Waals surface area contributed by atoms with Gasteiger partial charge in [-0.05, 0) is 0 Å². The summed E-state index contributed by atoms with van der Waals surface area (Å²) in [7, 11) is 0. The number of hydrogen-bond acceptors (Lipinski definition) is 1. The van der Waals surface area contributed by atoms with Crippen LogP contribution < -0.4 is 9.13 Å². The SMILES string of the molecule is [CH3][Ge]([CH3])([CH3])[c]1cc[n+]([O-])cc1. The first-order valence-electron chi connectivity index (χ1n) is 3.69. The Morgan fingerprint density at radius 1 is 1.18 bits per heavy atom. The molecule has 0 amide bonds. The maximum atomic E-state index is 10.7. The van der Waals surface area contributed by atoms with Gasteiger partial charge in [0.15, 0.2) is 0 Å². The zero-order valence-electron chi connectivity index (χ0n) is 7.16. The first kappa shape index (κ1) is 8.59. The van der Waals surface area contributed by atoms with Crippen molar-refractivity contribution in [3.8, 4) is 0 Å². The van der Waals surface area contributed by atoms with Gasteiger partial charge in [-0.1, -0.05) is 0 Å². The van der Waals surface area contributed by atoms with Crippen molar-refractivity contribution in [2.75, 3.05) is 0 Å². The van der Waals surface area contributed by atoms with Crippen molar-refractivity contribution >= 4 is 17.7 Å². The van der Waals surface area contributed by atoms with Gasteiger partial charge in [0.2, 0.25) is 0 Å². The molecule has 0 atom stereocenters. The van der Waals surface area contributed by atoms with E-state index in [0.29, 0.717) is 0 Å². The Balaban J connectivity index is 2.99. The number of hydrogen-bond donors (Lipinski definition) is 0. The number of nitrogens with zero attached hydrogens (tertiary/aromatic N) is 1. The van der Waals surface area contributed by atoms with Gasteiger partial charge in [0, 0.05) is 0 Å². The third kappa shape index (κ3) is 2.22. The molecule has 0 radical (unpaired) electrons. The fourth-order valence-electron chi connectivity index (χ4n) is 0.913. The molecule has 0 aliphatic heterocycles. The Labute approximate surface area is 69.8 Å². The van der Waals surface area contributed by atoms with E-state index in [0.717, 1.165) is 4.73 Å². The van der Waals surface area contributed by atoms with Crippen molar-refractivity contribution in [2.24, 2.45) is 0 Å². The van der Waals surface area contributed by atoms with Crippen molar-refractivity contribution in [1.82, 2.24) is 0 Å². The van der Waals surface area contributed by atoms with Crippen LogP contribution >= 0.6 is 0 Å². The van der Waals surface area contributed by atoms with Crippen LogP contribution in [0.15, 0.2) is 24.5 Å². The van der Waals surface area contributed by atoms with Crippen LogP contribution in [0, 0.1) is 5.21 Å². The molecule has 1 aromatic heterocycles. The molecule has 0 aliphatic rings. The predicted octanol–water partition coefficient (Wildman–Crippen LogP) is 0.865. The summed E-state index contributed by atoms with van der Waals surface area (Å²) in [6, 6.07) is 3.88. The Bertz CT molecular complexity index is 237. The van der Waals surface area contributed by atoms with Crippen LogP contribution in [0.2, 0.25) is 17.3 Å². The molecule has 0 aliphatic carbocycles. The fraction of sp³-hybridized carbons (Fsp3) is 0.375. The summed E-state index contributed by atoms with van der Waals surface area (Å²) in [5, 5.41) is 10.7. The summed E-state index contributed by atoms with van der Waals surface area (Å²) >= 11 is -1.68. The van der Waals surface area contributed by atoms with E-state index in [4.69, 9.17) is 0 Å². The Morgan fingerprint density at radius 2 is 1.64 bits per heavy atom. The molecule has 0 aromatic carbocycles. The molecule has 1 heterocycles. The fourth-order valence-corrected chi connectivity index (χ4v) is 3.32. The van der Waals surface area contributed by atoms with Gasteiger partial charge in [-0.25, -0.2) is 0 Å². The number of pyridine rings is 1. The molecule has 0 bridgehead atoms. The second-order valence-corrected chi connectivity index (χ2v) is 14.3. The van der Waals surface area contributed by atoms with Crippen LogP contribution in [0.25, 0.3) is 0 Å². The van der Waals surface area contributed by atoms with Gasteiger partial charge >= 0.3 is 69.4 Å². The molecule has 0 unspecified atom stereocenters. The summed E-state index contributed by atoms with van der Waals surface area (Å²) in [6.45, 7) is 0. The molecule has 2 nitrogen and oxygen atoms in total. The van der Waals surface area contributed by atoms with Crippen molar-refractivity contribution in [3.63, 3.8) is 0 Å². The van der Waals surface area contributed by atoms with Gasteiger partial charge < -0.3 is 0 Å². The van der Waals surface area contributed by atoms with Crippen molar-refractivity contribution in [1.29, 1.82) is 0 Å². The summed E-state index contributed by atoms with van der Waals surface area (Å²) < 4.78 is 2.20. The van der Waals surface area contributed by atoms with Crippen molar-refractivity contribution in [2.45, 2.75) is 17.3 Å². The van der Waals surface area contributed by atoms with Gasteiger partial charge in [0.25, 0.3) is 0 Å². The van der Waals surface area contributed by atoms with Crippen LogP contribution in [0.4, 0.5) is 0 Å². The Hall–Kier alpha value is -0.507. The molecule has 60 valence electrons. The normalized spacial score (nSPS) is 11.5. The van der Waals surface area contributed by atoms with Gasteiger partial charge in [0.05, 0.1) is 0 Å². The molecule has 0 saturated carbocycles. The van der Waals surface area contributed by atoms with Gasteiger partial charge in [-0.3, -0.25) is 0 Å². The van der Waals surface area contributed by atoms with E-state index in [1.807, 2.05) is 12.1 Å². The molecule has 3 heteroatoms. The molecule has 0 spiro atoms. The third-order valence-corrected chi connectivity index (χ3v) is 6.00. The summed E-state index contributed by atoms with van der Waals surface area (Å²) in [6.07, 6.45) is 3.15. The molecule has 0 saturated heterocycles. The van der Waals surface area contributed by atoms with E-state index in [-0.39, 0.29) is 0 Å². The van der Waals surface area contributed by atoms with Crippen molar-refractivity contribution in [3.05, 3.63) is 29.7 Å². The number of rotatable bonds is 1. The van der Waals surface area contributed by atoms with Crippen LogP contribution in [-0.4, -0.2) is 13.3 Å². The van der Waals surface area contributed by atoms with E-state index in [1.54, 1.807) is 12.4 Å². The van der Waals surface area contributed by atoms with E-state index in [1.165, 1.54) is 4.40 Å². The van der Waals surface area contributed by atoms with Gasteiger partial charge in [0.1, 0.15) is 0 Å². The average Bonchev–Trinajstić information content (AvgIpc) is 1.86. The first-order chi connectivity index (χ1) is 5.00. The molecule has 1 aromatic rings. The van der Waals surface area contributed by atoms with Crippen LogP contribution in [0.3, 0.4) is 0 Å². The van der Waals surface area contributed by atoms with Crippen LogP contribution in [-0.2, 0) is 0 Å². The molecular weight excluding hydrogens is 199 g/mol. The Kier molecular flexibility index (Phi) is 2.23. The van der Waals surface area contributed by atoms with Crippen LogP contribution in [0.5, 0.6) is 0 Å². The molecular formula is C8H13GeNO. The zero-order valence-corrected chi connectivity index (χ0v) is 9.26. The average molecular weight is 212 g/mol. The molecule has 0 N–H and O–H groups in total. The summed E-state index contributed by atoms with van der Waals surface area (Å²) in [5.41, 5.74) is 0. The molecule has 1 rings (SSSR count). The second kappa shape index (κ2) is 2.85. The summed E-state index contributed by atoms with van der Waals surface area (Å²) in [4.78, 5) is 0. The standard InChI is InChI=1S/C8H13GeNO/c1-9(2,3)8-4-6-10(11)7-5-8/h4-7H,1-3H3. The second-order valence-electron chi connectivity index (χ2n) is 3.70. The summed E-state index contributed by atoms with van der Waals surface area (Å²) in [5.74, 6) is 6.93. The first-order valence-corrected chi connectivity index (χ1v) is 11.0. The van der Waals surface area contributed by atoms with Gasteiger partial charge in [-0.2, -0.15) is 0 Å². The molecule has 0 fully saturated rings. The minimum absolute atomic E-state index is 0.831. The van der Waals surface area contributed by atoms with E-state index >= 15 is 0 Å². The predicted molar refractivity (Wildman–Crippen MR) is 48.4 cm³/mol. The quantitative estimate of drug-likeness (QED) is 0.385. The van der Waals surface area contributed by atoms with E-state index < -0.39 is 13.3 Å². The topological polar surface area (TPSA) is 26.9 Å². The Morgan fingerprint density at radius 3 is 2.00 bits per heavy atom. The van der Waals surface area contributed by atoms with Gasteiger partial charge in [-0.15, -0.1) is 0 Å². The zero-order chi connectivity index (χ0) is 8.48.